The molecule has 0 radical (unpaired) electrons. The van der Waals surface area contributed by atoms with Crippen molar-refractivity contribution < 1.29 is 9.53 Å². The minimum Gasteiger partial charge on any atom is -0.376 e. The predicted octanol–water partition coefficient (Wildman–Crippen LogP) is 4.46. The number of hydrogen-bond acceptors (Lipinski definition) is 4. The first-order valence-electron chi connectivity index (χ1n) is 8.42. The van der Waals surface area contributed by atoms with Crippen molar-refractivity contribution in [3.8, 4) is 0 Å². The summed E-state index contributed by atoms with van der Waals surface area (Å²) in [6, 6.07) is 10.4. The normalized spacial score (nSPS) is 21.2. The lowest BCUT2D eigenvalue weighted by Crippen LogP contribution is -2.37. The Morgan fingerprint density at radius 1 is 1.42 bits per heavy atom. The first-order chi connectivity index (χ1) is 11.5. The van der Waals surface area contributed by atoms with Gasteiger partial charge in [-0.25, -0.2) is 4.98 Å². The Morgan fingerprint density at radius 3 is 2.88 bits per heavy atom. The fourth-order valence-electron chi connectivity index (χ4n) is 3.53. The number of carbonyl (C=O) groups excluding carboxylic acids is 1. The number of nitrogens with one attached hydrogen (secondary N) is 1. The molecule has 1 fully saturated rings. The summed E-state index contributed by atoms with van der Waals surface area (Å²) in [5.41, 5.74) is 1.11. The molecule has 1 N–H and O–H groups in total. The molecule has 1 aliphatic heterocycles. The number of carbonyl (C=O) groups is 1. The SMILES string of the molecule is CC1(C)C[C@H]([C@H](CC(=O)Nc2nccs2)c2ccccc2)CCO1. The number of rotatable bonds is 5. The molecule has 1 aromatic carbocycles. The fourth-order valence-corrected chi connectivity index (χ4v) is 4.08. The van der Waals surface area contributed by atoms with Gasteiger partial charge in [0, 0.05) is 24.6 Å². The van der Waals surface area contributed by atoms with Crippen LogP contribution in [0.5, 0.6) is 0 Å². The van der Waals surface area contributed by atoms with Crippen LogP contribution in [-0.4, -0.2) is 23.1 Å². The number of ether oxygens (including phenoxy) is 1. The molecule has 4 nitrogen and oxygen atoms in total. The summed E-state index contributed by atoms with van der Waals surface area (Å²) in [6.45, 7) is 5.03. The van der Waals surface area contributed by atoms with Crippen molar-refractivity contribution in [3.63, 3.8) is 0 Å². The third kappa shape index (κ3) is 4.42. The Bertz CT molecular complexity index is 655. The van der Waals surface area contributed by atoms with E-state index in [2.05, 4.69) is 36.3 Å². The van der Waals surface area contributed by atoms with E-state index in [1.807, 2.05) is 23.6 Å². The smallest absolute Gasteiger partial charge is 0.226 e. The maximum Gasteiger partial charge on any atom is 0.226 e. The molecule has 2 atom stereocenters. The Labute approximate surface area is 147 Å². The van der Waals surface area contributed by atoms with Crippen molar-refractivity contribution in [2.24, 2.45) is 5.92 Å². The quantitative estimate of drug-likeness (QED) is 0.871. The van der Waals surface area contributed by atoms with Crippen molar-refractivity contribution in [2.45, 2.75) is 44.6 Å². The highest BCUT2D eigenvalue weighted by Crippen LogP contribution is 2.40. The number of benzene rings is 1. The minimum atomic E-state index is -0.123. The molecule has 24 heavy (non-hydrogen) atoms. The van der Waals surface area contributed by atoms with Gasteiger partial charge in [-0.1, -0.05) is 30.3 Å². The van der Waals surface area contributed by atoms with Crippen LogP contribution >= 0.6 is 11.3 Å². The average molecular weight is 344 g/mol. The molecule has 5 heteroatoms. The molecule has 0 unspecified atom stereocenters. The molecule has 0 spiro atoms. The van der Waals surface area contributed by atoms with Gasteiger partial charge in [0.25, 0.3) is 0 Å². The second kappa shape index (κ2) is 7.45. The Kier molecular flexibility index (Phi) is 5.31. The monoisotopic (exact) mass is 344 g/mol. The Hall–Kier alpha value is -1.72. The van der Waals surface area contributed by atoms with Crippen LogP contribution in [0.3, 0.4) is 0 Å². The molecule has 1 aromatic heterocycles. The maximum absolute atomic E-state index is 12.5. The van der Waals surface area contributed by atoms with E-state index < -0.39 is 0 Å². The molecule has 0 bridgehead atoms. The van der Waals surface area contributed by atoms with E-state index in [1.54, 1.807) is 6.20 Å². The molecule has 2 aromatic rings. The van der Waals surface area contributed by atoms with Gasteiger partial charge >= 0.3 is 0 Å². The van der Waals surface area contributed by atoms with Crippen molar-refractivity contribution in [1.82, 2.24) is 4.98 Å². The standard InChI is InChI=1S/C19H24N2O2S/c1-19(2)13-15(8-10-23-19)16(14-6-4-3-5-7-14)12-17(22)21-18-20-9-11-24-18/h3-7,9,11,15-16H,8,10,12-13H2,1-2H3,(H,20,21,22)/t15-,16-/m1/s1. The fraction of sp³-hybridized carbons (Fsp3) is 0.474. The minimum absolute atomic E-state index is 0.0306. The third-order valence-electron chi connectivity index (χ3n) is 4.62. The molecule has 0 aliphatic carbocycles. The lowest BCUT2D eigenvalue weighted by molar-refractivity contribution is -0.118. The second-order valence-electron chi connectivity index (χ2n) is 6.97. The van der Waals surface area contributed by atoms with E-state index in [4.69, 9.17) is 4.74 Å². The predicted molar refractivity (Wildman–Crippen MR) is 97.3 cm³/mol. The summed E-state index contributed by atoms with van der Waals surface area (Å²) < 4.78 is 5.86. The van der Waals surface area contributed by atoms with Crippen molar-refractivity contribution >= 4 is 22.4 Å². The number of anilines is 1. The summed E-state index contributed by atoms with van der Waals surface area (Å²) in [6.07, 6.45) is 4.14. The van der Waals surface area contributed by atoms with Crippen LogP contribution in [0.2, 0.25) is 0 Å². The highest BCUT2D eigenvalue weighted by Gasteiger charge is 2.35. The van der Waals surface area contributed by atoms with Gasteiger partial charge in [-0.15, -0.1) is 11.3 Å². The van der Waals surface area contributed by atoms with E-state index in [0.29, 0.717) is 17.5 Å². The van der Waals surface area contributed by atoms with Crippen LogP contribution in [0.1, 0.15) is 44.6 Å². The Balaban J connectivity index is 1.76. The largest absolute Gasteiger partial charge is 0.376 e. The molecule has 2 heterocycles. The third-order valence-corrected chi connectivity index (χ3v) is 5.30. The average Bonchev–Trinajstić information content (AvgIpc) is 3.05. The maximum atomic E-state index is 12.5. The summed E-state index contributed by atoms with van der Waals surface area (Å²) in [5.74, 6) is 0.677. The van der Waals surface area contributed by atoms with Crippen molar-refractivity contribution in [1.29, 1.82) is 0 Å². The van der Waals surface area contributed by atoms with E-state index in [-0.39, 0.29) is 17.4 Å². The molecule has 1 saturated heterocycles. The van der Waals surface area contributed by atoms with Gasteiger partial charge in [-0.3, -0.25) is 4.79 Å². The molecular formula is C19H24N2O2S. The number of amides is 1. The topological polar surface area (TPSA) is 51.2 Å². The summed E-state index contributed by atoms with van der Waals surface area (Å²) in [7, 11) is 0. The number of nitrogens with zero attached hydrogens (tertiary/aromatic N) is 1. The van der Waals surface area contributed by atoms with Gasteiger partial charge < -0.3 is 10.1 Å². The molecule has 0 saturated carbocycles. The van der Waals surface area contributed by atoms with E-state index in [9.17, 15) is 4.79 Å². The lowest BCUT2D eigenvalue weighted by Gasteiger charge is -2.39. The van der Waals surface area contributed by atoms with Crippen molar-refractivity contribution in [2.75, 3.05) is 11.9 Å². The number of hydrogen-bond donors (Lipinski definition) is 1. The first-order valence-corrected chi connectivity index (χ1v) is 9.30. The van der Waals surface area contributed by atoms with Crippen LogP contribution in [0.15, 0.2) is 41.9 Å². The van der Waals surface area contributed by atoms with E-state index in [0.717, 1.165) is 19.4 Å². The van der Waals surface area contributed by atoms with E-state index in [1.165, 1.54) is 16.9 Å². The molecular weight excluding hydrogens is 320 g/mol. The van der Waals surface area contributed by atoms with Crippen LogP contribution in [-0.2, 0) is 9.53 Å². The summed E-state index contributed by atoms with van der Waals surface area (Å²) in [5, 5.41) is 5.45. The molecule has 3 rings (SSSR count). The highest BCUT2D eigenvalue weighted by atomic mass is 32.1. The van der Waals surface area contributed by atoms with Gasteiger partial charge in [-0.05, 0) is 44.1 Å². The van der Waals surface area contributed by atoms with Gasteiger partial charge in [0.05, 0.1) is 5.60 Å². The zero-order valence-corrected chi connectivity index (χ0v) is 15.0. The summed E-state index contributed by atoms with van der Waals surface area (Å²) in [4.78, 5) is 16.7. The van der Waals surface area contributed by atoms with Crippen LogP contribution in [0, 0.1) is 5.92 Å². The van der Waals surface area contributed by atoms with Crippen LogP contribution in [0.4, 0.5) is 5.13 Å². The van der Waals surface area contributed by atoms with Crippen LogP contribution in [0.25, 0.3) is 0 Å². The number of thiazole rings is 1. The second-order valence-corrected chi connectivity index (χ2v) is 7.86. The van der Waals surface area contributed by atoms with E-state index >= 15 is 0 Å². The van der Waals surface area contributed by atoms with Gasteiger partial charge in [0.1, 0.15) is 0 Å². The zero-order chi connectivity index (χ0) is 17.0. The molecule has 128 valence electrons. The lowest BCUT2D eigenvalue weighted by atomic mass is 9.75. The van der Waals surface area contributed by atoms with Gasteiger partial charge in [-0.2, -0.15) is 0 Å². The Morgan fingerprint density at radius 2 is 2.21 bits per heavy atom. The highest BCUT2D eigenvalue weighted by molar-refractivity contribution is 7.13. The first kappa shape index (κ1) is 17.1. The molecule has 1 aliphatic rings. The summed E-state index contributed by atoms with van der Waals surface area (Å²) >= 11 is 1.45. The van der Waals surface area contributed by atoms with Gasteiger partial charge in [0.15, 0.2) is 5.13 Å². The molecule has 1 amide bonds. The van der Waals surface area contributed by atoms with Gasteiger partial charge in [0.2, 0.25) is 5.91 Å². The number of aromatic nitrogens is 1. The zero-order valence-electron chi connectivity index (χ0n) is 14.2. The van der Waals surface area contributed by atoms with Crippen LogP contribution < -0.4 is 5.32 Å². The van der Waals surface area contributed by atoms with Crippen molar-refractivity contribution in [3.05, 3.63) is 47.5 Å².